The second-order valence-corrected chi connectivity index (χ2v) is 7.40. The lowest BCUT2D eigenvalue weighted by Crippen LogP contribution is -2.09. The smallest absolute Gasteiger partial charge is 0.0472 e. The average Bonchev–Trinajstić information content (AvgIpc) is 2.75. The molecule has 0 radical (unpaired) electrons. The molecule has 0 heterocycles. The summed E-state index contributed by atoms with van der Waals surface area (Å²) in [5, 5.41) is 0. The number of nitrogens with zero attached hydrogens (tertiary/aromatic N) is 1. The number of anilines is 3. The second kappa shape index (κ2) is 8.73. The largest absolute Gasteiger partial charge is 0.310 e. The van der Waals surface area contributed by atoms with Gasteiger partial charge in [-0.1, -0.05) is 94.8 Å². The summed E-state index contributed by atoms with van der Waals surface area (Å²) in [6.07, 6.45) is 4.28. The predicted octanol–water partition coefficient (Wildman–Crippen LogP) is 8.09. The maximum absolute atomic E-state index is 3.59. The third-order valence-electron chi connectivity index (χ3n) is 4.50. The fraction of sp³-hybridized carbons (Fsp3) is 0. The molecule has 2 heteroatoms. The van der Waals surface area contributed by atoms with Crippen molar-refractivity contribution in [3.63, 3.8) is 0 Å². The number of hydrogen-bond acceptors (Lipinski definition) is 1. The molecular formula is C26H20BrN. The molecule has 0 spiro atoms. The maximum atomic E-state index is 3.59. The quantitative estimate of drug-likeness (QED) is 0.292. The van der Waals surface area contributed by atoms with Crippen LogP contribution in [0.5, 0.6) is 0 Å². The van der Waals surface area contributed by atoms with Crippen molar-refractivity contribution in [1.29, 1.82) is 0 Å². The van der Waals surface area contributed by atoms with Gasteiger partial charge < -0.3 is 4.90 Å². The summed E-state index contributed by atoms with van der Waals surface area (Å²) in [5.74, 6) is 0. The van der Waals surface area contributed by atoms with E-state index < -0.39 is 0 Å². The van der Waals surface area contributed by atoms with Gasteiger partial charge in [0.05, 0.1) is 0 Å². The van der Waals surface area contributed by atoms with Crippen molar-refractivity contribution in [2.75, 3.05) is 4.90 Å². The molecule has 4 aromatic rings. The zero-order valence-electron chi connectivity index (χ0n) is 15.4. The van der Waals surface area contributed by atoms with E-state index in [-0.39, 0.29) is 0 Å². The van der Waals surface area contributed by atoms with E-state index >= 15 is 0 Å². The Hall–Kier alpha value is -3.10. The Morgan fingerprint density at radius 3 is 1.68 bits per heavy atom. The molecule has 0 aliphatic carbocycles. The van der Waals surface area contributed by atoms with Crippen LogP contribution in [0.2, 0.25) is 0 Å². The fourth-order valence-electron chi connectivity index (χ4n) is 3.13. The predicted molar refractivity (Wildman–Crippen MR) is 124 cm³/mol. The number of halogens is 1. The lowest BCUT2D eigenvalue weighted by Gasteiger charge is -2.25. The van der Waals surface area contributed by atoms with E-state index in [2.05, 4.69) is 124 Å². The summed E-state index contributed by atoms with van der Waals surface area (Å²) in [4.78, 5) is 2.26. The van der Waals surface area contributed by atoms with E-state index in [1.54, 1.807) is 0 Å². The molecule has 136 valence electrons. The van der Waals surface area contributed by atoms with E-state index in [0.29, 0.717) is 0 Å². The van der Waals surface area contributed by atoms with Crippen LogP contribution in [0.4, 0.5) is 17.1 Å². The highest BCUT2D eigenvalue weighted by Crippen LogP contribution is 2.35. The Morgan fingerprint density at radius 2 is 1.04 bits per heavy atom. The van der Waals surface area contributed by atoms with Crippen molar-refractivity contribution in [3.8, 4) is 0 Å². The topological polar surface area (TPSA) is 3.24 Å². The molecule has 0 saturated heterocycles. The first-order valence-electron chi connectivity index (χ1n) is 9.23. The zero-order valence-corrected chi connectivity index (χ0v) is 17.0. The van der Waals surface area contributed by atoms with Crippen LogP contribution in [0.3, 0.4) is 0 Å². The van der Waals surface area contributed by atoms with Gasteiger partial charge in [0.15, 0.2) is 0 Å². The van der Waals surface area contributed by atoms with Crippen LogP contribution in [-0.2, 0) is 0 Å². The molecular weight excluding hydrogens is 406 g/mol. The standard InChI is InChI=1S/C26H20BrN/c27-23-10-7-13-26(20-23)28(24-11-5-2-6-12-24)25-18-16-22(17-19-25)15-14-21-8-3-1-4-9-21/h1-20H. The molecule has 0 fully saturated rings. The van der Waals surface area contributed by atoms with Crippen molar-refractivity contribution in [3.05, 3.63) is 125 Å². The van der Waals surface area contributed by atoms with Gasteiger partial charge >= 0.3 is 0 Å². The van der Waals surface area contributed by atoms with Crippen molar-refractivity contribution in [2.24, 2.45) is 0 Å². The minimum Gasteiger partial charge on any atom is -0.310 e. The minimum atomic E-state index is 1.06. The van der Waals surface area contributed by atoms with Crippen molar-refractivity contribution >= 4 is 45.1 Å². The van der Waals surface area contributed by atoms with Gasteiger partial charge in [0.2, 0.25) is 0 Å². The lowest BCUT2D eigenvalue weighted by atomic mass is 10.1. The summed E-state index contributed by atoms with van der Waals surface area (Å²) in [6, 6.07) is 37.8. The van der Waals surface area contributed by atoms with Gasteiger partial charge in [0, 0.05) is 21.5 Å². The molecule has 4 rings (SSSR count). The molecule has 1 nitrogen and oxygen atoms in total. The first-order valence-corrected chi connectivity index (χ1v) is 10.0. The molecule has 4 aromatic carbocycles. The van der Waals surface area contributed by atoms with Crippen LogP contribution in [0.1, 0.15) is 11.1 Å². The van der Waals surface area contributed by atoms with Gasteiger partial charge in [0.1, 0.15) is 0 Å². The number of hydrogen-bond donors (Lipinski definition) is 0. The second-order valence-electron chi connectivity index (χ2n) is 6.49. The normalized spacial score (nSPS) is 10.9. The van der Waals surface area contributed by atoms with Gasteiger partial charge in [-0.15, -0.1) is 0 Å². The highest BCUT2D eigenvalue weighted by molar-refractivity contribution is 9.10. The maximum Gasteiger partial charge on any atom is 0.0472 e. The van der Waals surface area contributed by atoms with Crippen LogP contribution in [0.25, 0.3) is 12.2 Å². The van der Waals surface area contributed by atoms with E-state index in [1.807, 2.05) is 18.2 Å². The molecule has 0 unspecified atom stereocenters. The lowest BCUT2D eigenvalue weighted by molar-refractivity contribution is 1.28. The zero-order chi connectivity index (χ0) is 19.2. The SMILES string of the molecule is Brc1cccc(N(c2ccccc2)c2ccc(C=Cc3ccccc3)cc2)c1. The summed E-state index contributed by atoms with van der Waals surface area (Å²) in [6.45, 7) is 0. The monoisotopic (exact) mass is 425 g/mol. The molecule has 0 aliphatic rings. The van der Waals surface area contributed by atoms with Crippen LogP contribution in [-0.4, -0.2) is 0 Å². The van der Waals surface area contributed by atoms with Gasteiger partial charge in [-0.3, -0.25) is 0 Å². The molecule has 0 N–H and O–H groups in total. The van der Waals surface area contributed by atoms with E-state index in [4.69, 9.17) is 0 Å². The molecule has 0 bridgehead atoms. The Balaban J connectivity index is 1.66. The Bertz CT molecular complexity index is 1050. The van der Waals surface area contributed by atoms with Gasteiger partial charge in [-0.05, 0) is 53.6 Å². The average molecular weight is 426 g/mol. The molecule has 0 aromatic heterocycles. The van der Waals surface area contributed by atoms with Crippen LogP contribution >= 0.6 is 15.9 Å². The van der Waals surface area contributed by atoms with Gasteiger partial charge in [0.25, 0.3) is 0 Å². The third-order valence-corrected chi connectivity index (χ3v) is 4.99. The molecule has 0 amide bonds. The van der Waals surface area contributed by atoms with E-state index in [9.17, 15) is 0 Å². The van der Waals surface area contributed by atoms with Crippen molar-refractivity contribution in [1.82, 2.24) is 0 Å². The van der Waals surface area contributed by atoms with Crippen LogP contribution in [0.15, 0.2) is 114 Å². The molecule has 0 aliphatic heterocycles. The highest BCUT2D eigenvalue weighted by Gasteiger charge is 2.12. The molecule has 0 saturated carbocycles. The summed E-state index contributed by atoms with van der Waals surface area (Å²) in [5.41, 5.74) is 5.75. The van der Waals surface area contributed by atoms with Crippen LogP contribution < -0.4 is 4.90 Å². The number of benzene rings is 4. The number of rotatable bonds is 5. The van der Waals surface area contributed by atoms with Gasteiger partial charge in [-0.25, -0.2) is 0 Å². The molecule has 28 heavy (non-hydrogen) atoms. The Labute approximate surface area is 174 Å². The van der Waals surface area contributed by atoms with Crippen LogP contribution in [0, 0.1) is 0 Å². The summed E-state index contributed by atoms with van der Waals surface area (Å²) >= 11 is 3.59. The fourth-order valence-corrected chi connectivity index (χ4v) is 3.52. The Kier molecular flexibility index (Phi) is 5.69. The first-order chi connectivity index (χ1) is 13.8. The first kappa shape index (κ1) is 18.3. The van der Waals surface area contributed by atoms with E-state index in [1.165, 1.54) is 11.1 Å². The summed E-state index contributed by atoms with van der Waals surface area (Å²) in [7, 11) is 0. The third kappa shape index (κ3) is 4.41. The van der Waals surface area contributed by atoms with E-state index in [0.717, 1.165) is 21.5 Å². The summed E-state index contributed by atoms with van der Waals surface area (Å²) < 4.78 is 1.06. The minimum absolute atomic E-state index is 1.06. The highest BCUT2D eigenvalue weighted by atomic mass is 79.9. The van der Waals surface area contributed by atoms with Crippen molar-refractivity contribution < 1.29 is 0 Å². The number of para-hydroxylation sites is 1. The molecule has 0 atom stereocenters. The van der Waals surface area contributed by atoms with Crippen molar-refractivity contribution in [2.45, 2.75) is 0 Å². The Morgan fingerprint density at radius 1 is 0.500 bits per heavy atom. The van der Waals surface area contributed by atoms with Gasteiger partial charge in [-0.2, -0.15) is 0 Å².